The molecule has 16 heavy (non-hydrogen) atoms. The zero-order valence-corrected chi connectivity index (χ0v) is 11.4. The van der Waals surface area contributed by atoms with Crippen LogP contribution in [0.4, 0.5) is 0 Å². The van der Waals surface area contributed by atoms with Gasteiger partial charge in [0.1, 0.15) is 0 Å². The second kappa shape index (κ2) is 7.66. The third kappa shape index (κ3) is 11.5. The fourth-order valence-electron chi connectivity index (χ4n) is 1.16. The van der Waals surface area contributed by atoms with E-state index in [0.29, 0.717) is 6.42 Å². The molecular formula is C13H27NO2. The molecule has 0 heterocycles. The van der Waals surface area contributed by atoms with E-state index in [2.05, 4.69) is 26.1 Å². The van der Waals surface area contributed by atoms with Crippen molar-refractivity contribution in [2.75, 3.05) is 13.2 Å². The minimum Gasteiger partial charge on any atom is -0.379 e. The molecule has 0 rings (SSSR count). The van der Waals surface area contributed by atoms with Crippen LogP contribution in [0.5, 0.6) is 0 Å². The Morgan fingerprint density at radius 1 is 1.25 bits per heavy atom. The Morgan fingerprint density at radius 2 is 1.88 bits per heavy atom. The Labute approximate surface area is 99.9 Å². The molecule has 0 bridgehead atoms. The first-order valence-corrected chi connectivity index (χ1v) is 6.19. The zero-order chi connectivity index (χ0) is 12.6. The Kier molecular flexibility index (Phi) is 7.39. The van der Waals surface area contributed by atoms with Gasteiger partial charge >= 0.3 is 0 Å². The van der Waals surface area contributed by atoms with Crippen molar-refractivity contribution in [3.8, 4) is 0 Å². The lowest BCUT2D eigenvalue weighted by atomic mass is 9.97. The van der Waals surface area contributed by atoms with Crippen LogP contribution in [0, 0.1) is 5.41 Å². The van der Waals surface area contributed by atoms with Gasteiger partial charge in [0.2, 0.25) is 5.91 Å². The van der Waals surface area contributed by atoms with E-state index >= 15 is 0 Å². The molecule has 0 saturated carbocycles. The van der Waals surface area contributed by atoms with Crippen LogP contribution in [-0.2, 0) is 9.53 Å². The lowest BCUT2D eigenvalue weighted by Crippen LogP contribution is -2.32. The van der Waals surface area contributed by atoms with E-state index in [0.717, 1.165) is 26.0 Å². The number of rotatable bonds is 7. The van der Waals surface area contributed by atoms with Crippen LogP contribution in [0.2, 0.25) is 0 Å². The summed E-state index contributed by atoms with van der Waals surface area (Å²) < 4.78 is 5.41. The Hall–Kier alpha value is -0.570. The smallest absolute Gasteiger partial charge is 0.220 e. The minimum atomic E-state index is 0.152. The van der Waals surface area contributed by atoms with Crippen molar-refractivity contribution >= 4 is 5.91 Å². The number of carbonyl (C=O) groups is 1. The van der Waals surface area contributed by atoms with E-state index in [1.807, 2.05) is 13.8 Å². The van der Waals surface area contributed by atoms with Gasteiger partial charge in [-0.2, -0.15) is 0 Å². The van der Waals surface area contributed by atoms with Gasteiger partial charge in [0, 0.05) is 19.6 Å². The maximum absolute atomic E-state index is 11.4. The number of nitrogens with one attached hydrogen (secondary N) is 1. The average Bonchev–Trinajstić information content (AvgIpc) is 2.12. The number of hydrogen-bond donors (Lipinski definition) is 1. The topological polar surface area (TPSA) is 38.3 Å². The predicted molar refractivity (Wildman–Crippen MR) is 67.4 cm³/mol. The maximum atomic E-state index is 11.4. The molecule has 0 aliphatic carbocycles. The molecule has 0 aliphatic heterocycles. The first-order valence-electron chi connectivity index (χ1n) is 6.19. The third-order valence-electron chi connectivity index (χ3n) is 2.07. The maximum Gasteiger partial charge on any atom is 0.220 e. The molecule has 0 fully saturated rings. The first kappa shape index (κ1) is 15.4. The molecule has 1 amide bonds. The molecule has 0 saturated heterocycles. The molecule has 0 aromatic heterocycles. The van der Waals surface area contributed by atoms with Gasteiger partial charge in [0.05, 0.1) is 6.10 Å². The molecule has 0 radical (unpaired) electrons. The van der Waals surface area contributed by atoms with Gasteiger partial charge in [0.15, 0.2) is 0 Å². The van der Waals surface area contributed by atoms with Crippen molar-refractivity contribution in [2.45, 2.75) is 60.0 Å². The molecule has 0 atom stereocenters. The summed E-state index contributed by atoms with van der Waals surface area (Å²) in [6.45, 7) is 11.9. The Morgan fingerprint density at radius 3 is 2.38 bits per heavy atom. The minimum absolute atomic E-state index is 0.152. The molecular weight excluding hydrogens is 202 g/mol. The summed E-state index contributed by atoms with van der Waals surface area (Å²) in [6.07, 6.45) is 2.76. The van der Waals surface area contributed by atoms with Gasteiger partial charge in [-0.25, -0.2) is 0 Å². The van der Waals surface area contributed by atoms with Crippen molar-refractivity contribution in [1.82, 2.24) is 5.32 Å². The second-order valence-electron chi connectivity index (χ2n) is 5.71. The quantitative estimate of drug-likeness (QED) is 0.682. The van der Waals surface area contributed by atoms with Gasteiger partial charge in [-0.3, -0.25) is 4.79 Å². The van der Waals surface area contributed by atoms with Gasteiger partial charge in [0.25, 0.3) is 0 Å². The Bertz CT molecular complexity index is 195. The molecule has 0 spiro atoms. The number of ether oxygens (including phenoxy) is 1. The number of unbranched alkanes of at least 4 members (excludes halogenated alkanes) is 1. The van der Waals surface area contributed by atoms with Crippen LogP contribution < -0.4 is 5.32 Å². The van der Waals surface area contributed by atoms with Crippen LogP contribution >= 0.6 is 0 Å². The fraction of sp³-hybridized carbons (Fsp3) is 0.923. The van der Waals surface area contributed by atoms with Crippen molar-refractivity contribution < 1.29 is 9.53 Å². The van der Waals surface area contributed by atoms with Gasteiger partial charge in [-0.15, -0.1) is 0 Å². The van der Waals surface area contributed by atoms with Crippen LogP contribution in [0.25, 0.3) is 0 Å². The van der Waals surface area contributed by atoms with Crippen LogP contribution in [-0.4, -0.2) is 25.2 Å². The van der Waals surface area contributed by atoms with Crippen LogP contribution in [0.3, 0.4) is 0 Å². The lowest BCUT2D eigenvalue weighted by Gasteiger charge is -2.18. The average molecular weight is 229 g/mol. The largest absolute Gasteiger partial charge is 0.379 e. The molecule has 3 heteroatoms. The van der Waals surface area contributed by atoms with E-state index in [-0.39, 0.29) is 17.4 Å². The van der Waals surface area contributed by atoms with Crippen LogP contribution in [0.1, 0.15) is 53.9 Å². The van der Waals surface area contributed by atoms with E-state index in [1.165, 1.54) is 0 Å². The summed E-state index contributed by atoms with van der Waals surface area (Å²) in [5.74, 6) is 0.152. The first-order chi connectivity index (χ1) is 7.31. The highest BCUT2D eigenvalue weighted by molar-refractivity contribution is 5.75. The summed E-state index contributed by atoms with van der Waals surface area (Å²) in [5.41, 5.74) is 0.163. The molecule has 0 aromatic carbocycles. The predicted octanol–water partition coefficient (Wildman–Crippen LogP) is 2.74. The Balaban J connectivity index is 3.38. The normalized spacial score (nSPS) is 11.9. The van der Waals surface area contributed by atoms with Crippen molar-refractivity contribution in [3.05, 3.63) is 0 Å². The molecule has 3 nitrogen and oxygen atoms in total. The highest BCUT2D eigenvalue weighted by Gasteiger charge is 2.11. The second-order valence-corrected chi connectivity index (χ2v) is 5.71. The van der Waals surface area contributed by atoms with Crippen LogP contribution in [0.15, 0.2) is 0 Å². The molecule has 0 unspecified atom stereocenters. The monoisotopic (exact) mass is 229 g/mol. The van der Waals surface area contributed by atoms with Gasteiger partial charge < -0.3 is 10.1 Å². The molecule has 96 valence electrons. The third-order valence-corrected chi connectivity index (χ3v) is 2.07. The van der Waals surface area contributed by atoms with Crippen molar-refractivity contribution in [2.24, 2.45) is 5.41 Å². The summed E-state index contributed by atoms with van der Waals surface area (Å²) in [5, 5.41) is 2.94. The zero-order valence-electron chi connectivity index (χ0n) is 11.4. The van der Waals surface area contributed by atoms with Crippen molar-refractivity contribution in [3.63, 3.8) is 0 Å². The fourth-order valence-corrected chi connectivity index (χ4v) is 1.16. The van der Waals surface area contributed by atoms with Gasteiger partial charge in [-0.05, 0) is 32.1 Å². The number of hydrogen-bond acceptors (Lipinski definition) is 2. The number of carbonyl (C=O) groups excluding carboxylic acids is 1. The summed E-state index contributed by atoms with van der Waals surface area (Å²) in [4.78, 5) is 11.4. The number of amides is 1. The van der Waals surface area contributed by atoms with E-state index in [1.54, 1.807) is 0 Å². The lowest BCUT2D eigenvalue weighted by molar-refractivity contribution is -0.121. The van der Waals surface area contributed by atoms with Gasteiger partial charge in [-0.1, -0.05) is 20.8 Å². The molecule has 0 aliphatic rings. The highest BCUT2D eigenvalue weighted by Crippen LogP contribution is 2.10. The molecule has 0 aromatic rings. The summed E-state index contributed by atoms with van der Waals surface area (Å²) >= 11 is 0. The summed E-state index contributed by atoms with van der Waals surface area (Å²) in [7, 11) is 0. The SMILES string of the molecule is CC(C)OCCCCC(=O)NCC(C)(C)C. The van der Waals surface area contributed by atoms with E-state index < -0.39 is 0 Å². The van der Waals surface area contributed by atoms with E-state index in [9.17, 15) is 4.79 Å². The standard InChI is InChI=1S/C13H27NO2/c1-11(2)16-9-7-6-8-12(15)14-10-13(3,4)5/h11H,6-10H2,1-5H3,(H,14,15). The summed E-state index contributed by atoms with van der Waals surface area (Å²) in [6, 6.07) is 0. The van der Waals surface area contributed by atoms with E-state index in [4.69, 9.17) is 4.74 Å². The molecule has 1 N–H and O–H groups in total. The van der Waals surface area contributed by atoms with Crippen molar-refractivity contribution in [1.29, 1.82) is 0 Å². The highest BCUT2D eigenvalue weighted by atomic mass is 16.5.